The van der Waals surface area contributed by atoms with Gasteiger partial charge in [-0.25, -0.2) is 0 Å². The number of methoxy groups -OCH3 is 1. The summed E-state index contributed by atoms with van der Waals surface area (Å²) in [6.07, 6.45) is 0. The van der Waals surface area contributed by atoms with Crippen molar-refractivity contribution in [3.63, 3.8) is 0 Å². The molecule has 2 aromatic rings. The van der Waals surface area contributed by atoms with Crippen LogP contribution in [-0.2, 0) is 11.8 Å². The third kappa shape index (κ3) is 3.32. The van der Waals surface area contributed by atoms with Crippen LogP contribution in [0.2, 0.25) is 0 Å². The average molecular weight is 292 g/mol. The molecule has 0 fully saturated rings. The summed E-state index contributed by atoms with van der Waals surface area (Å²) in [6, 6.07) is 8.31. The minimum absolute atomic E-state index is 0.713. The van der Waals surface area contributed by atoms with E-state index in [1.807, 2.05) is 25.7 Å². The van der Waals surface area contributed by atoms with E-state index >= 15 is 0 Å². The first-order valence-electron chi connectivity index (χ1n) is 6.42. The zero-order valence-electron chi connectivity index (χ0n) is 12.3. The molecule has 2 rings (SSSR count). The van der Waals surface area contributed by atoms with E-state index in [1.54, 1.807) is 18.9 Å². The van der Waals surface area contributed by atoms with Crippen LogP contribution in [0.25, 0.3) is 11.4 Å². The van der Waals surface area contributed by atoms with Gasteiger partial charge in [-0.05, 0) is 24.3 Å². The molecule has 0 atom stereocenters. The molecule has 1 heterocycles. The predicted octanol–water partition coefficient (Wildman–Crippen LogP) is 2.29. The standard InChI is InChI=1S/C14H20N4OS/c1-17(2)12-7-5-11(6-8-12)13-15-16-14(18(13)3)20-10-9-19-4/h5-8H,9-10H2,1-4H3. The lowest BCUT2D eigenvalue weighted by Gasteiger charge is -2.12. The molecule has 0 saturated carbocycles. The van der Waals surface area contributed by atoms with Crippen molar-refractivity contribution in [1.29, 1.82) is 0 Å². The van der Waals surface area contributed by atoms with E-state index in [1.165, 1.54) is 5.69 Å². The van der Waals surface area contributed by atoms with Crippen molar-refractivity contribution >= 4 is 17.4 Å². The second kappa shape index (κ2) is 6.76. The summed E-state index contributed by atoms with van der Waals surface area (Å²) in [7, 11) is 7.75. The molecule has 1 aromatic heterocycles. The van der Waals surface area contributed by atoms with E-state index in [4.69, 9.17) is 4.74 Å². The van der Waals surface area contributed by atoms with Crippen molar-refractivity contribution in [2.45, 2.75) is 5.16 Å². The molecule has 6 heteroatoms. The molecule has 0 saturated heterocycles. The Morgan fingerprint density at radius 3 is 2.50 bits per heavy atom. The van der Waals surface area contributed by atoms with Gasteiger partial charge in [-0.15, -0.1) is 10.2 Å². The molecule has 0 aliphatic heterocycles. The van der Waals surface area contributed by atoms with Crippen LogP contribution in [0.3, 0.4) is 0 Å². The third-order valence-electron chi connectivity index (χ3n) is 3.00. The maximum absolute atomic E-state index is 5.05. The van der Waals surface area contributed by atoms with Gasteiger partial charge < -0.3 is 14.2 Å². The van der Waals surface area contributed by atoms with Crippen LogP contribution in [0.1, 0.15) is 0 Å². The molecule has 1 aromatic carbocycles. The maximum Gasteiger partial charge on any atom is 0.191 e. The molecule has 0 amide bonds. The summed E-state index contributed by atoms with van der Waals surface area (Å²) in [5.74, 6) is 1.76. The van der Waals surface area contributed by atoms with Gasteiger partial charge in [0.15, 0.2) is 11.0 Å². The molecule has 0 spiro atoms. The number of hydrogen-bond donors (Lipinski definition) is 0. The SMILES string of the molecule is COCCSc1nnc(-c2ccc(N(C)C)cc2)n1C. The Morgan fingerprint density at radius 2 is 1.90 bits per heavy atom. The molecule has 0 bridgehead atoms. The number of thioether (sulfide) groups is 1. The number of anilines is 1. The second-order valence-corrected chi connectivity index (χ2v) is 5.71. The Labute approximate surface area is 124 Å². The van der Waals surface area contributed by atoms with Crippen molar-refractivity contribution in [3.05, 3.63) is 24.3 Å². The number of benzene rings is 1. The molecule has 0 aliphatic carbocycles. The van der Waals surface area contributed by atoms with Gasteiger partial charge in [0.1, 0.15) is 0 Å². The topological polar surface area (TPSA) is 43.2 Å². The van der Waals surface area contributed by atoms with Gasteiger partial charge in [-0.3, -0.25) is 0 Å². The number of ether oxygens (including phenoxy) is 1. The molecule has 0 N–H and O–H groups in total. The van der Waals surface area contributed by atoms with Crippen molar-refractivity contribution < 1.29 is 4.74 Å². The van der Waals surface area contributed by atoms with Crippen LogP contribution in [0.5, 0.6) is 0 Å². The Bertz CT molecular complexity index is 551. The van der Waals surface area contributed by atoms with Gasteiger partial charge >= 0.3 is 0 Å². The highest BCUT2D eigenvalue weighted by atomic mass is 32.2. The summed E-state index contributed by atoms with van der Waals surface area (Å²) in [6.45, 7) is 0.713. The van der Waals surface area contributed by atoms with E-state index in [0.29, 0.717) is 6.61 Å². The van der Waals surface area contributed by atoms with Gasteiger partial charge in [-0.1, -0.05) is 11.8 Å². The fourth-order valence-corrected chi connectivity index (χ4v) is 2.63. The monoisotopic (exact) mass is 292 g/mol. The van der Waals surface area contributed by atoms with Crippen LogP contribution in [-0.4, -0.2) is 48.3 Å². The smallest absolute Gasteiger partial charge is 0.191 e. The fraction of sp³-hybridized carbons (Fsp3) is 0.429. The zero-order chi connectivity index (χ0) is 14.5. The van der Waals surface area contributed by atoms with E-state index < -0.39 is 0 Å². The highest BCUT2D eigenvalue weighted by molar-refractivity contribution is 7.99. The highest BCUT2D eigenvalue weighted by Gasteiger charge is 2.11. The van der Waals surface area contributed by atoms with E-state index in [2.05, 4.69) is 39.4 Å². The summed E-state index contributed by atoms with van der Waals surface area (Å²) >= 11 is 1.65. The Morgan fingerprint density at radius 1 is 1.20 bits per heavy atom. The Kier molecular flexibility index (Phi) is 5.03. The van der Waals surface area contributed by atoms with Gasteiger partial charge in [0.05, 0.1) is 6.61 Å². The minimum atomic E-state index is 0.713. The van der Waals surface area contributed by atoms with Crippen molar-refractivity contribution in [2.75, 3.05) is 38.5 Å². The van der Waals surface area contributed by atoms with Crippen LogP contribution in [0.4, 0.5) is 5.69 Å². The molecule has 0 radical (unpaired) electrons. The molecular formula is C14H20N4OS. The second-order valence-electron chi connectivity index (χ2n) is 4.65. The largest absolute Gasteiger partial charge is 0.384 e. The lowest BCUT2D eigenvalue weighted by atomic mass is 10.2. The van der Waals surface area contributed by atoms with E-state index in [0.717, 1.165) is 22.3 Å². The molecule has 0 aliphatic rings. The molecule has 5 nitrogen and oxygen atoms in total. The van der Waals surface area contributed by atoms with Crippen molar-refractivity contribution in [2.24, 2.45) is 7.05 Å². The van der Waals surface area contributed by atoms with Crippen LogP contribution in [0, 0.1) is 0 Å². The third-order valence-corrected chi connectivity index (χ3v) is 3.98. The minimum Gasteiger partial charge on any atom is -0.384 e. The number of hydrogen-bond acceptors (Lipinski definition) is 5. The van der Waals surface area contributed by atoms with Crippen molar-refractivity contribution in [3.8, 4) is 11.4 Å². The maximum atomic E-state index is 5.05. The summed E-state index contributed by atoms with van der Waals surface area (Å²) < 4.78 is 7.07. The Hall–Kier alpha value is -1.53. The Balaban J connectivity index is 2.16. The molecule has 108 valence electrons. The zero-order valence-corrected chi connectivity index (χ0v) is 13.1. The predicted molar refractivity (Wildman–Crippen MR) is 83.4 cm³/mol. The normalized spacial score (nSPS) is 10.8. The highest BCUT2D eigenvalue weighted by Crippen LogP contribution is 2.24. The van der Waals surface area contributed by atoms with Gasteiger partial charge in [0.2, 0.25) is 0 Å². The number of aromatic nitrogens is 3. The van der Waals surface area contributed by atoms with Gasteiger partial charge in [0, 0.05) is 45.3 Å². The van der Waals surface area contributed by atoms with Gasteiger partial charge in [0.25, 0.3) is 0 Å². The average Bonchev–Trinajstić information content (AvgIpc) is 2.81. The first-order valence-corrected chi connectivity index (χ1v) is 7.41. The fourth-order valence-electron chi connectivity index (χ4n) is 1.82. The van der Waals surface area contributed by atoms with E-state index in [-0.39, 0.29) is 0 Å². The lowest BCUT2D eigenvalue weighted by Crippen LogP contribution is -2.08. The summed E-state index contributed by atoms with van der Waals surface area (Å²) in [5, 5.41) is 9.42. The number of rotatable bonds is 6. The quantitative estimate of drug-likeness (QED) is 0.603. The summed E-state index contributed by atoms with van der Waals surface area (Å²) in [4.78, 5) is 2.08. The van der Waals surface area contributed by atoms with Gasteiger partial charge in [-0.2, -0.15) is 0 Å². The molecule has 0 unspecified atom stereocenters. The van der Waals surface area contributed by atoms with Crippen LogP contribution >= 0.6 is 11.8 Å². The number of nitrogens with zero attached hydrogens (tertiary/aromatic N) is 4. The lowest BCUT2D eigenvalue weighted by molar-refractivity contribution is 0.218. The van der Waals surface area contributed by atoms with E-state index in [9.17, 15) is 0 Å². The van der Waals surface area contributed by atoms with Crippen LogP contribution < -0.4 is 4.90 Å². The van der Waals surface area contributed by atoms with Crippen LogP contribution in [0.15, 0.2) is 29.4 Å². The molecule has 20 heavy (non-hydrogen) atoms. The first-order chi connectivity index (χ1) is 9.63. The molecular weight excluding hydrogens is 272 g/mol. The van der Waals surface area contributed by atoms with Crippen molar-refractivity contribution in [1.82, 2.24) is 14.8 Å². The summed E-state index contributed by atoms with van der Waals surface area (Å²) in [5.41, 5.74) is 2.25. The first kappa shape index (κ1) is 14.9.